The summed E-state index contributed by atoms with van der Waals surface area (Å²) in [5.41, 5.74) is -1.43. The molecule has 0 amide bonds. The lowest BCUT2D eigenvalue weighted by Crippen LogP contribution is -2.67. The second-order valence-corrected chi connectivity index (χ2v) is 9.39. The molecular weight excluding hydrogens is 352 g/mol. The van der Waals surface area contributed by atoms with Crippen LogP contribution in [0.25, 0.3) is 0 Å². The molecule has 7 heteroatoms. The molecule has 27 heavy (non-hydrogen) atoms. The van der Waals surface area contributed by atoms with E-state index in [-0.39, 0.29) is 24.6 Å². The fourth-order valence-corrected chi connectivity index (χ4v) is 5.89. The van der Waals surface area contributed by atoms with E-state index in [9.17, 15) is 19.5 Å². The Morgan fingerprint density at radius 2 is 1.89 bits per heavy atom. The van der Waals surface area contributed by atoms with Crippen LogP contribution in [0.4, 0.5) is 0 Å². The molecule has 5 rings (SSSR count). The first kappa shape index (κ1) is 17.5. The highest BCUT2D eigenvalue weighted by Crippen LogP contribution is 2.66. The van der Waals surface area contributed by atoms with Gasteiger partial charge >= 0.3 is 5.97 Å². The maximum absolute atomic E-state index is 13.5. The van der Waals surface area contributed by atoms with Crippen molar-refractivity contribution in [1.82, 2.24) is 0 Å². The fraction of sp³-hybridized carbons (Fsp3) is 0.750. The van der Waals surface area contributed by atoms with Crippen LogP contribution < -0.4 is 0 Å². The first-order valence-electron chi connectivity index (χ1n) is 9.57. The molecule has 0 radical (unpaired) electrons. The predicted octanol–water partition coefficient (Wildman–Crippen LogP) is 1.13. The Balaban J connectivity index is 1.78. The summed E-state index contributed by atoms with van der Waals surface area (Å²) in [7, 11) is 0. The van der Waals surface area contributed by atoms with Crippen LogP contribution in [0, 0.1) is 28.6 Å². The summed E-state index contributed by atoms with van der Waals surface area (Å²) in [4.78, 5) is 39.3. The third kappa shape index (κ3) is 1.81. The highest BCUT2D eigenvalue weighted by molar-refractivity contribution is 6.03. The molecule has 0 aromatic carbocycles. The van der Waals surface area contributed by atoms with E-state index in [0.717, 1.165) is 0 Å². The molecule has 0 aromatic heterocycles. The molecule has 7 nitrogen and oxygen atoms in total. The van der Waals surface area contributed by atoms with Gasteiger partial charge in [0.1, 0.15) is 12.4 Å². The zero-order valence-electron chi connectivity index (χ0n) is 15.9. The van der Waals surface area contributed by atoms with E-state index >= 15 is 0 Å². The molecular formula is C20H24O7. The lowest BCUT2D eigenvalue weighted by Gasteiger charge is -2.56. The Bertz CT molecular complexity index is 824. The smallest absolute Gasteiger partial charge is 0.313 e. The van der Waals surface area contributed by atoms with Crippen molar-refractivity contribution in [3.8, 4) is 0 Å². The number of ketones is 2. The van der Waals surface area contributed by atoms with Crippen molar-refractivity contribution in [2.45, 2.75) is 58.2 Å². The molecule has 7 atom stereocenters. The molecule has 0 aromatic rings. The van der Waals surface area contributed by atoms with E-state index in [1.165, 1.54) is 0 Å². The zero-order chi connectivity index (χ0) is 19.6. The van der Waals surface area contributed by atoms with Crippen LogP contribution in [0.15, 0.2) is 11.6 Å². The Kier molecular flexibility index (Phi) is 3.05. The van der Waals surface area contributed by atoms with Crippen LogP contribution in [-0.2, 0) is 28.6 Å². The van der Waals surface area contributed by atoms with Crippen molar-refractivity contribution in [3.05, 3.63) is 11.6 Å². The highest BCUT2D eigenvalue weighted by Gasteiger charge is 2.76. The first-order chi connectivity index (χ1) is 12.5. The molecule has 2 saturated carbocycles. The number of carbonyl (C=O) groups is 3. The Labute approximate surface area is 157 Å². The molecule has 1 spiro atoms. The van der Waals surface area contributed by atoms with Crippen molar-refractivity contribution >= 4 is 17.5 Å². The van der Waals surface area contributed by atoms with Gasteiger partial charge < -0.3 is 19.3 Å². The minimum absolute atomic E-state index is 0.0270. The Hall–Kier alpha value is -1.57. The molecule has 4 fully saturated rings. The quantitative estimate of drug-likeness (QED) is 0.416. The van der Waals surface area contributed by atoms with Crippen molar-refractivity contribution in [3.63, 3.8) is 0 Å². The number of carbonyl (C=O) groups excluding carboxylic acids is 3. The number of hydrogen-bond donors (Lipinski definition) is 1. The molecule has 3 aliphatic heterocycles. The molecule has 0 bridgehead atoms. The van der Waals surface area contributed by atoms with Crippen molar-refractivity contribution < 1.29 is 33.7 Å². The zero-order valence-corrected chi connectivity index (χ0v) is 15.9. The highest BCUT2D eigenvalue weighted by atomic mass is 16.8. The number of ether oxygens (including phenoxy) is 3. The second kappa shape index (κ2) is 4.70. The van der Waals surface area contributed by atoms with Crippen molar-refractivity contribution in [2.75, 3.05) is 6.61 Å². The Morgan fingerprint density at radius 1 is 1.22 bits per heavy atom. The summed E-state index contributed by atoms with van der Waals surface area (Å²) in [6.07, 6.45) is 1.27. The molecule has 3 heterocycles. The number of aliphatic hydroxyl groups is 1. The van der Waals surface area contributed by atoms with Crippen LogP contribution in [0.2, 0.25) is 0 Å². The topological polar surface area (TPSA) is 102 Å². The monoisotopic (exact) mass is 376 g/mol. The van der Waals surface area contributed by atoms with Gasteiger partial charge in [0.25, 0.3) is 0 Å². The number of esters is 1. The van der Waals surface area contributed by atoms with Crippen LogP contribution in [0.1, 0.15) is 40.5 Å². The summed E-state index contributed by atoms with van der Waals surface area (Å²) in [6.45, 7) is 7.36. The maximum Gasteiger partial charge on any atom is 0.313 e. The van der Waals surface area contributed by atoms with Crippen LogP contribution in [-0.4, -0.2) is 46.9 Å². The standard InChI is InChI=1S/C20H24O7/c1-9(2)20(24)12-10(7-19(27-20)8-25-19)18(4)11(21)5-6-17(3)15(18)14(13(12)22)26-16(17)23/h7,9,12,14-15,24H,5-6,8H2,1-4H3/t12?,14-,15?,17+,18+,19?,20?/m1/s1. The average molecular weight is 376 g/mol. The summed E-state index contributed by atoms with van der Waals surface area (Å²) in [5.74, 6) is -5.83. The van der Waals surface area contributed by atoms with Crippen LogP contribution in [0.3, 0.4) is 0 Å². The molecule has 5 aliphatic rings. The van der Waals surface area contributed by atoms with Gasteiger partial charge in [-0.3, -0.25) is 14.4 Å². The van der Waals surface area contributed by atoms with Gasteiger partial charge in [-0.2, -0.15) is 0 Å². The SMILES string of the molecule is CC(C)C1(O)OC2(C=C3C1C(=O)[C@H]1OC(=O)[C@@]4(C)CCC(=O)[C@@]3(C)C14)CO2. The van der Waals surface area contributed by atoms with Gasteiger partial charge in [-0.05, 0) is 31.9 Å². The largest absolute Gasteiger partial charge is 0.454 e. The number of rotatable bonds is 1. The van der Waals surface area contributed by atoms with Gasteiger partial charge in [0.15, 0.2) is 17.7 Å². The lowest BCUT2D eigenvalue weighted by molar-refractivity contribution is -0.301. The minimum Gasteiger partial charge on any atom is -0.454 e. The van der Waals surface area contributed by atoms with E-state index in [1.54, 1.807) is 33.8 Å². The molecule has 146 valence electrons. The third-order valence-electron chi connectivity index (χ3n) is 7.62. The van der Waals surface area contributed by atoms with E-state index in [2.05, 4.69) is 0 Å². The fourth-order valence-electron chi connectivity index (χ4n) is 5.89. The van der Waals surface area contributed by atoms with E-state index < -0.39 is 52.2 Å². The predicted molar refractivity (Wildman–Crippen MR) is 90.0 cm³/mol. The van der Waals surface area contributed by atoms with Gasteiger partial charge in [-0.15, -0.1) is 0 Å². The molecule has 2 aliphatic carbocycles. The maximum atomic E-state index is 13.5. The van der Waals surface area contributed by atoms with Gasteiger partial charge in [-0.25, -0.2) is 0 Å². The van der Waals surface area contributed by atoms with Crippen LogP contribution in [0.5, 0.6) is 0 Å². The third-order valence-corrected chi connectivity index (χ3v) is 7.62. The van der Waals surface area contributed by atoms with Gasteiger partial charge in [0.05, 0.1) is 16.7 Å². The van der Waals surface area contributed by atoms with Crippen molar-refractivity contribution in [2.24, 2.45) is 28.6 Å². The van der Waals surface area contributed by atoms with E-state index in [0.29, 0.717) is 12.0 Å². The summed E-state index contributed by atoms with van der Waals surface area (Å²) < 4.78 is 16.9. The molecule has 2 saturated heterocycles. The molecule has 1 N–H and O–H groups in total. The van der Waals surface area contributed by atoms with E-state index in [4.69, 9.17) is 14.2 Å². The van der Waals surface area contributed by atoms with E-state index in [1.807, 2.05) is 0 Å². The molecule has 4 unspecified atom stereocenters. The van der Waals surface area contributed by atoms with Gasteiger partial charge in [0, 0.05) is 18.3 Å². The Morgan fingerprint density at radius 3 is 2.48 bits per heavy atom. The number of hydrogen-bond acceptors (Lipinski definition) is 7. The second-order valence-electron chi connectivity index (χ2n) is 9.39. The number of epoxide rings is 1. The summed E-state index contributed by atoms with van der Waals surface area (Å²) in [5, 5.41) is 11.4. The number of Topliss-reactive ketones (excluding diaryl/α,β-unsaturated/α-hetero) is 2. The minimum atomic E-state index is -1.82. The normalized spacial score (nSPS) is 53.2. The first-order valence-corrected chi connectivity index (χ1v) is 9.57. The van der Waals surface area contributed by atoms with Crippen molar-refractivity contribution in [1.29, 1.82) is 0 Å². The summed E-state index contributed by atoms with van der Waals surface area (Å²) in [6, 6.07) is 0. The van der Waals surface area contributed by atoms with Gasteiger partial charge in [-0.1, -0.05) is 13.8 Å². The summed E-state index contributed by atoms with van der Waals surface area (Å²) >= 11 is 0. The lowest BCUT2D eigenvalue weighted by atomic mass is 9.46. The number of fused-ring (bicyclic) bond motifs is 2. The van der Waals surface area contributed by atoms with Crippen LogP contribution >= 0.6 is 0 Å². The van der Waals surface area contributed by atoms with Gasteiger partial charge in [0.2, 0.25) is 5.79 Å². The average Bonchev–Trinajstić information content (AvgIpc) is 3.26.